The highest BCUT2D eigenvalue weighted by molar-refractivity contribution is 8.00. The van der Waals surface area contributed by atoms with Gasteiger partial charge >= 0.3 is 0 Å². The average molecular weight is 351 g/mol. The summed E-state index contributed by atoms with van der Waals surface area (Å²) >= 11 is 4.63. The molecular formula is C13H13N5OS3. The summed E-state index contributed by atoms with van der Waals surface area (Å²) in [6.45, 7) is 0.843. The zero-order valence-corrected chi connectivity index (χ0v) is 14.2. The molecule has 0 spiro atoms. The van der Waals surface area contributed by atoms with Gasteiger partial charge in [0.15, 0.2) is 9.50 Å². The van der Waals surface area contributed by atoms with Gasteiger partial charge in [0.05, 0.1) is 7.11 Å². The number of anilines is 1. The third-order valence-corrected chi connectivity index (χ3v) is 5.38. The summed E-state index contributed by atoms with van der Waals surface area (Å²) in [7, 11) is 1.58. The smallest absolute Gasteiger partial charge is 0.217 e. The lowest BCUT2D eigenvalue weighted by Crippen LogP contribution is -2.03. The first-order chi connectivity index (χ1) is 10.8. The molecule has 9 heteroatoms. The van der Waals surface area contributed by atoms with Crippen LogP contribution in [0.15, 0.2) is 39.3 Å². The number of rotatable bonds is 7. The second kappa shape index (κ2) is 7.52. The van der Waals surface area contributed by atoms with Crippen molar-refractivity contribution in [1.82, 2.24) is 20.2 Å². The molecule has 0 radical (unpaired) electrons. The highest BCUT2D eigenvalue weighted by atomic mass is 32.2. The molecular weight excluding hydrogens is 338 g/mol. The summed E-state index contributed by atoms with van der Waals surface area (Å²) in [6.07, 6.45) is 2.65. The molecule has 6 nitrogen and oxygen atoms in total. The molecule has 0 fully saturated rings. The molecule has 0 amide bonds. The minimum atomic E-state index is 0.538. The Labute approximate surface area is 140 Å². The topological polar surface area (TPSA) is 72.8 Å². The summed E-state index contributed by atoms with van der Waals surface area (Å²) in [5, 5.41) is 15.0. The van der Waals surface area contributed by atoms with Gasteiger partial charge in [-0.05, 0) is 29.6 Å². The van der Waals surface area contributed by atoms with Crippen LogP contribution in [0.25, 0.3) is 0 Å². The van der Waals surface area contributed by atoms with E-state index >= 15 is 0 Å². The minimum Gasteiger partial charge on any atom is -0.481 e. The van der Waals surface area contributed by atoms with Crippen molar-refractivity contribution >= 4 is 39.6 Å². The first-order valence-corrected chi connectivity index (χ1v) is 8.99. The van der Waals surface area contributed by atoms with Gasteiger partial charge in [0.1, 0.15) is 0 Å². The predicted octanol–water partition coefficient (Wildman–Crippen LogP) is 3.20. The van der Waals surface area contributed by atoms with E-state index in [1.54, 1.807) is 30.7 Å². The van der Waals surface area contributed by atoms with E-state index in [9.17, 15) is 0 Å². The zero-order chi connectivity index (χ0) is 15.2. The first-order valence-electron chi connectivity index (χ1n) is 6.48. The number of nitrogens with zero attached hydrogens (tertiary/aromatic N) is 4. The predicted molar refractivity (Wildman–Crippen MR) is 89.1 cm³/mol. The molecule has 0 aromatic carbocycles. The van der Waals surface area contributed by atoms with Crippen molar-refractivity contribution < 1.29 is 4.74 Å². The standard InChI is InChI=1S/C13H13N5OS3/c1-19-10-5-7-14-11(16-10)21-13-18-17-12(22-13)15-6-4-9-3-2-8-20-9/h2-3,5,7-8H,4,6H2,1H3,(H,15,17). The van der Waals surface area contributed by atoms with Crippen molar-refractivity contribution in [1.29, 1.82) is 0 Å². The second-order valence-electron chi connectivity index (χ2n) is 4.11. The van der Waals surface area contributed by atoms with E-state index in [2.05, 4.69) is 43.0 Å². The lowest BCUT2D eigenvalue weighted by molar-refractivity contribution is 0.392. The van der Waals surface area contributed by atoms with Gasteiger partial charge in [-0.15, -0.1) is 21.5 Å². The number of ether oxygens (including phenoxy) is 1. The highest BCUT2D eigenvalue weighted by Gasteiger charge is 2.08. The normalized spacial score (nSPS) is 10.6. The summed E-state index contributed by atoms with van der Waals surface area (Å²) in [6, 6.07) is 5.91. The molecule has 0 unspecified atom stereocenters. The summed E-state index contributed by atoms with van der Waals surface area (Å²) in [5.41, 5.74) is 0. The number of aromatic nitrogens is 4. The fourth-order valence-electron chi connectivity index (χ4n) is 1.64. The first kappa shape index (κ1) is 15.2. The third kappa shape index (κ3) is 4.15. The van der Waals surface area contributed by atoms with Crippen LogP contribution in [0.3, 0.4) is 0 Å². The van der Waals surface area contributed by atoms with Gasteiger partial charge in [0.2, 0.25) is 11.0 Å². The Balaban J connectivity index is 1.54. The molecule has 0 atom stereocenters. The van der Waals surface area contributed by atoms with Gasteiger partial charge in [-0.3, -0.25) is 0 Å². The zero-order valence-electron chi connectivity index (χ0n) is 11.7. The average Bonchev–Trinajstić information content (AvgIpc) is 3.20. The Morgan fingerprint density at radius 2 is 2.27 bits per heavy atom. The van der Waals surface area contributed by atoms with Crippen LogP contribution in [0.1, 0.15) is 4.88 Å². The van der Waals surface area contributed by atoms with E-state index in [0.29, 0.717) is 11.0 Å². The Morgan fingerprint density at radius 3 is 3.09 bits per heavy atom. The number of hydrogen-bond donors (Lipinski definition) is 1. The van der Waals surface area contributed by atoms with Crippen LogP contribution in [-0.4, -0.2) is 33.8 Å². The quantitative estimate of drug-likeness (QED) is 0.655. The molecule has 0 aliphatic carbocycles. The Hall–Kier alpha value is -1.71. The maximum absolute atomic E-state index is 5.08. The number of nitrogens with one attached hydrogen (secondary N) is 1. The van der Waals surface area contributed by atoms with Crippen LogP contribution in [0.4, 0.5) is 5.13 Å². The fourth-order valence-corrected chi connectivity index (χ4v) is 3.96. The van der Waals surface area contributed by atoms with Gasteiger partial charge in [-0.2, -0.15) is 4.98 Å². The summed E-state index contributed by atoms with van der Waals surface area (Å²) in [4.78, 5) is 9.78. The summed E-state index contributed by atoms with van der Waals surface area (Å²) in [5.74, 6) is 0.538. The Morgan fingerprint density at radius 1 is 1.32 bits per heavy atom. The SMILES string of the molecule is COc1ccnc(Sc2nnc(NCCc3cccs3)s2)n1. The van der Waals surface area contributed by atoms with E-state index in [1.165, 1.54) is 28.0 Å². The van der Waals surface area contributed by atoms with Crippen LogP contribution in [0.5, 0.6) is 5.88 Å². The summed E-state index contributed by atoms with van der Waals surface area (Å²) < 4.78 is 5.88. The monoisotopic (exact) mass is 351 g/mol. The molecule has 3 aromatic heterocycles. The number of thiophene rings is 1. The van der Waals surface area contributed by atoms with E-state index in [4.69, 9.17) is 4.74 Å². The van der Waals surface area contributed by atoms with Crippen molar-refractivity contribution in [3.05, 3.63) is 34.7 Å². The molecule has 1 N–H and O–H groups in total. The van der Waals surface area contributed by atoms with E-state index in [-0.39, 0.29) is 0 Å². The second-order valence-corrected chi connectivity index (χ2v) is 7.34. The molecule has 22 heavy (non-hydrogen) atoms. The van der Waals surface area contributed by atoms with Crippen molar-refractivity contribution in [3.8, 4) is 5.88 Å². The number of hydrogen-bond acceptors (Lipinski definition) is 9. The molecule has 0 saturated heterocycles. The molecule has 114 valence electrons. The van der Waals surface area contributed by atoms with Crippen LogP contribution in [0.2, 0.25) is 0 Å². The van der Waals surface area contributed by atoms with E-state index in [0.717, 1.165) is 22.4 Å². The molecule has 3 rings (SSSR count). The van der Waals surface area contributed by atoms with E-state index < -0.39 is 0 Å². The van der Waals surface area contributed by atoms with Gasteiger partial charge in [-0.25, -0.2) is 4.98 Å². The van der Waals surface area contributed by atoms with E-state index in [1.807, 2.05) is 0 Å². The van der Waals surface area contributed by atoms with Crippen molar-refractivity contribution in [2.45, 2.75) is 15.9 Å². The largest absolute Gasteiger partial charge is 0.481 e. The molecule has 0 saturated carbocycles. The molecule has 3 heterocycles. The van der Waals surface area contributed by atoms with Crippen molar-refractivity contribution in [3.63, 3.8) is 0 Å². The van der Waals surface area contributed by atoms with Gasteiger partial charge < -0.3 is 10.1 Å². The van der Waals surface area contributed by atoms with Gasteiger partial charge in [0.25, 0.3) is 0 Å². The van der Waals surface area contributed by atoms with Crippen LogP contribution >= 0.6 is 34.4 Å². The van der Waals surface area contributed by atoms with Crippen molar-refractivity contribution in [2.75, 3.05) is 19.0 Å². The van der Waals surface area contributed by atoms with Crippen LogP contribution in [0, 0.1) is 0 Å². The van der Waals surface area contributed by atoms with Crippen LogP contribution in [-0.2, 0) is 6.42 Å². The van der Waals surface area contributed by atoms with Crippen molar-refractivity contribution in [2.24, 2.45) is 0 Å². The Kier molecular flexibility index (Phi) is 5.20. The minimum absolute atomic E-state index is 0.538. The van der Waals surface area contributed by atoms with Crippen LogP contribution < -0.4 is 10.1 Å². The van der Waals surface area contributed by atoms with Gasteiger partial charge in [0, 0.05) is 23.7 Å². The lowest BCUT2D eigenvalue weighted by Gasteiger charge is -1.99. The number of methoxy groups -OCH3 is 1. The maximum atomic E-state index is 5.08. The lowest BCUT2D eigenvalue weighted by atomic mass is 10.3. The molecule has 0 aliphatic rings. The molecule has 0 aliphatic heterocycles. The molecule has 0 bridgehead atoms. The highest BCUT2D eigenvalue weighted by Crippen LogP contribution is 2.30. The Bertz CT molecular complexity index is 716. The fraction of sp³-hybridized carbons (Fsp3) is 0.231. The molecule has 3 aromatic rings. The van der Waals surface area contributed by atoms with Gasteiger partial charge in [-0.1, -0.05) is 17.4 Å². The maximum Gasteiger partial charge on any atom is 0.217 e. The third-order valence-electron chi connectivity index (χ3n) is 2.63.